The minimum absolute atomic E-state index is 0.0724. The Balaban J connectivity index is 1.79. The van der Waals surface area contributed by atoms with Crippen LogP contribution in [0.2, 0.25) is 5.02 Å². The molecule has 7 nitrogen and oxygen atoms in total. The van der Waals surface area contributed by atoms with Gasteiger partial charge < -0.3 is 9.80 Å². The summed E-state index contributed by atoms with van der Waals surface area (Å²) in [5.41, 5.74) is -1.26. The lowest BCUT2D eigenvalue weighted by molar-refractivity contribution is -0.137. The molecule has 0 spiro atoms. The van der Waals surface area contributed by atoms with Crippen molar-refractivity contribution in [3.63, 3.8) is 0 Å². The summed E-state index contributed by atoms with van der Waals surface area (Å²) >= 11 is 6.17. The molecule has 0 N–H and O–H groups in total. The average Bonchev–Trinajstić information content (AvgIpc) is 3.06. The van der Waals surface area contributed by atoms with Gasteiger partial charge in [-0.2, -0.15) is 23.0 Å². The number of aromatic nitrogens is 3. The minimum Gasteiger partial charge on any atom is -0.370 e. The molecule has 3 rings (SSSR count). The van der Waals surface area contributed by atoms with E-state index in [0.29, 0.717) is 37.9 Å². The molecule has 150 valence electrons. The Kier molecular flexibility index (Phi) is 5.59. The first-order valence-corrected chi connectivity index (χ1v) is 8.86. The summed E-state index contributed by atoms with van der Waals surface area (Å²) in [6, 6.07) is 1.87. The van der Waals surface area contributed by atoms with Crippen molar-refractivity contribution >= 4 is 23.2 Å². The predicted molar refractivity (Wildman–Crippen MR) is 96.7 cm³/mol. The molecule has 1 aliphatic heterocycles. The van der Waals surface area contributed by atoms with Crippen LogP contribution in [0.5, 0.6) is 0 Å². The summed E-state index contributed by atoms with van der Waals surface area (Å²) in [5.74, 6) is 0.0261. The third kappa shape index (κ3) is 4.11. The van der Waals surface area contributed by atoms with E-state index in [1.165, 1.54) is 6.20 Å². The fourth-order valence-corrected chi connectivity index (χ4v) is 3.14. The Morgan fingerprint density at radius 1 is 1.25 bits per heavy atom. The van der Waals surface area contributed by atoms with Crippen LogP contribution in [0.4, 0.5) is 18.9 Å². The van der Waals surface area contributed by atoms with Gasteiger partial charge >= 0.3 is 6.18 Å². The molecule has 0 radical (unpaired) electrons. The smallest absolute Gasteiger partial charge is 0.370 e. The van der Waals surface area contributed by atoms with Crippen LogP contribution in [0, 0.1) is 0 Å². The van der Waals surface area contributed by atoms with Crippen LogP contribution in [0.15, 0.2) is 29.3 Å². The zero-order valence-corrected chi connectivity index (χ0v) is 15.7. The number of carbonyl (C=O) groups is 1. The molecular formula is C17H17ClF3N5O2. The second kappa shape index (κ2) is 7.78. The third-order valence-corrected chi connectivity index (χ3v) is 4.84. The molecule has 1 fully saturated rings. The highest BCUT2D eigenvalue weighted by Gasteiger charge is 2.31. The minimum atomic E-state index is -4.52. The highest BCUT2D eigenvalue weighted by molar-refractivity contribution is 6.33. The summed E-state index contributed by atoms with van der Waals surface area (Å²) in [6.45, 7) is 1.66. The first-order chi connectivity index (χ1) is 13.2. The van der Waals surface area contributed by atoms with E-state index in [0.717, 1.165) is 23.2 Å². The molecule has 0 unspecified atom stereocenters. The largest absolute Gasteiger partial charge is 0.417 e. The van der Waals surface area contributed by atoms with Gasteiger partial charge in [0.15, 0.2) is 5.82 Å². The van der Waals surface area contributed by atoms with Crippen molar-refractivity contribution in [2.24, 2.45) is 0 Å². The zero-order valence-electron chi connectivity index (χ0n) is 14.9. The van der Waals surface area contributed by atoms with Crippen molar-refractivity contribution in [3.8, 4) is 5.82 Å². The van der Waals surface area contributed by atoms with E-state index in [9.17, 15) is 22.8 Å². The SMILES string of the molecule is CN(CCN1CCCC1=O)c1cnn(-c2ccc(C(F)(F)F)cn2)c(=O)c1Cl. The van der Waals surface area contributed by atoms with E-state index in [1.54, 1.807) is 16.8 Å². The molecule has 0 atom stereocenters. The normalized spacial score (nSPS) is 14.6. The van der Waals surface area contributed by atoms with Crippen LogP contribution in [0.25, 0.3) is 5.82 Å². The molecule has 1 saturated heterocycles. The lowest BCUT2D eigenvalue weighted by Crippen LogP contribution is -2.35. The van der Waals surface area contributed by atoms with Crippen LogP contribution in [0.1, 0.15) is 18.4 Å². The number of anilines is 1. The number of carbonyl (C=O) groups excluding carboxylic acids is 1. The van der Waals surface area contributed by atoms with Gasteiger partial charge in [-0.3, -0.25) is 9.59 Å². The maximum atomic E-state index is 12.6. The maximum absolute atomic E-state index is 12.6. The Hall–Kier alpha value is -2.62. The number of alkyl halides is 3. The van der Waals surface area contributed by atoms with Gasteiger partial charge in [0.1, 0.15) is 5.02 Å². The Morgan fingerprint density at radius 2 is 2.00 bits per heavy atom. The van der Waals surface area contributed by atoms with Crippen LogP contribution in [-0.4, -0.2) is 52.3 Å². The van der Waals surface area contributed by atoms with Gasteiger partial charge in [0.2, 0.25) is 5.91 Å². The average molecular weight is 416 g/mol. The summed E-state index contributed by atoms with van der Waals surface area (Å²) in [5, 5.41) is 3.84. The zero-order chi connectivity index (χ0) is 20.5. The van der Waals surface area contributed by atoms with Crippen molar-refractivity contribution in [3.05, 3.63) is 45.5 Å². The van der Waals surface area contributed by atoms with Gasteiger partial charge in [0.05, 0.1) is 17.4 Å². The fourth-order valence-electron chi connectivity index (χ4n) is 2.86. The van der Waals surface area contributed by atoms with E-state index >= 15 is 0 Å². The second-order valence-corrected chi connectivity index (χ2v) is 6.75. The molecule has 2 aromatic rings. The second-order valence-electron chi connectivity index (χ2n) is 6.37. The number of pyridine rings is 1. The van der Waals surface area contributed by atoms with Gasteiger partial charge in [0, 0.05) is 39.3 Å². The topological polar surface area (TPSA) is 71.3 Å². The quantitative estimate of drug-likeness (QED) is 0.749. The number of nitrogens with zero attached hydrogens (tertiary/aromatic N) is 5. The van der Waals surface area contributed by atoms with Crippen LogP contribution in [0.3, 0.4) is 0 Å². The summed E-state index contributed by atoms with van der Waals surface area (Å²) in [4.78, 5) is 31.3. The number of likely N-dealkylation sites (N-methyl/N-ethyl adjacent to an activating group) is 1. The van der Waals surface area contributed by atoms with Gasteiger partial charge in [-0.25, -0.2) is 4.98 Å². The molecule has 11 heteroatoms. The van der Waals surface area contributed by atoms with E-state index in [-0.39, 0.29) is 16.7 Å². The molecule has 0 saturated carbocycles. The van der Waals surface area contributed by atoms with E-state index in [1.807, 2.05) is 0 Å². The van der Waals surface area contributed by atoms with Crippen LogP contribution >= 0.6 is 11.6 Å². The maximum Gasteiger partial charge on any atom is 0.417 e. The van der Waals surface area contributed by atoms with Gasteiger partial charge in [-0.15, -0.1) is 0 Å². The summed E-state index contributed by atoms with van der Waals surface area (Å²) < 4.78 is 38.8. The Morgan fingerprint density at radius 3 is 2.57 bits per heavy atom. The van der Waals surface area contributed by atoms with Crippen molar-refractivity contribution < 1.29 is 18.0 Å². The van der Waals surface area contributed by atoms with Gasteiger partial charge in [-0.1, -0.05) is 11.6 Å². The number of hydrogen-bond acceptors (Lipinski definition) is 5. The number of hydrogen-bond donors (Lipinski definition) is 0. The number of likely N-dealkylation sites (tertiary alicyclic amines) is 1. The van der Waals surface area contributed by atoms with Crippen LogP contribution < -0.4 is 10.5 Å². The molecular weight excluding hydrogens is 399 g/mol. The number of halogens is 4. The molecule has 0 aliphatic carbocycles. The summed E-state index contributed by atoms with van der Waals surface area (Å²) in [7, 11) is 1.71. The standard InChI is InChI=1S/C17H17ClF3N5O2/c1-24(7-8-25-6-2-3-14(25)27)12-10-23-26(16(28)15(12)18)13-5-4-11(9-22-13)17(19,20)21/h4-5,9-10H,2-3,6-8H2,1H3. The first-order valence-electron chi connectivity index (χ1n) is 8.49. The van der Waals surface area contributed by atoms with Crippen molar-refractivity contribution in [2.45, 2.75) is 19.0 Å². The third-order valence-electron chi connectivity index (χ3n) is 4.48. The van der Waals surface area contributed by atoms with Crippen LogP contribution in [-0.2, 0) is 11.0 Å². The lowest BCUT2D eigenvalue weighted by Gasteiger charge is -2.23. The van der Waals surface area contributed by atoms with Crippen molar-refractivity contribution in [1.29, 1.82) is 0 Å². The highest BCUT2D eigenvalue weighted by atomic mass is 35.5. The van der Waals surface area contributed by atoms with Crippen molar-refractivity contribution in [2.75, 3.05) is 31.6 Å². The molecule has 1 amide bonds. The monoisotopic (exact) mass is 415 g/mol. The molecule has 28 heavy (non-hydrogen) atoms. The van der Waals surface area contributed by atoms with Crippen molar-refractivity contribution in [1.82, 2.24) is 19.7 Å². The van der Waals surface area contributed by atoms with Gasteiger partial charge in [-0.05, 0) is 18.6 Å². The number of rotatable bonds is 5. The molecule has 0 aromatic carbocycles. The molecule has 2 aromatic heterocycles. The fraction of sp³-hybridized carbons (Fsp3) is 0.412. The Bertz CT molecular complexity index is 930. The predicted octanol–water partition coefficient (Wildman–Crippen LogP) is 2.36. The molecule has 3 heterocycles. The lowest BCUT2D eigenvalue weighted by atomic mass is 10.3. The van der Waals surface area contributed by atoms with Gasteiger partial charge in [0.25, 0.3) is 5.56 Å². The van der Waals surface area contributed by atoms with E-state index < -0.39 is 17.3 Å². The highest BCUT2D eigenvalue weighted by Crippen LogP contribution is 2.28. The van der Waals surface area contributed by atoms with E-state index in [4.69, 9.17) is 11.6 Å². The first kappa shape index (κ1) is 20.1. The van der Waals surface area contributed by atoms with E-state index in [2.05, 4.69) is 10.1 Å². The Labute approximate surface area is 163 Å². The molecule has 1 aliphatic rings. The molecule has 0 bridgehead atoms. The summed E-state index contributed by atoms with van der Waals surface area (Å²) in [6.07, 6.45) is -1.17. The number of amides is 1.